The van der Waals surface area contributed by atoms with Crippen LogP contribution in [0.25, 0.3) is 0 Å². The third-order valence-electron chi connectivity index (χ3n) is 4.14. The molecular weight excluding hydrogens is 446 g/mol. The number of para-hydroxylation sites is 1. The summed E-state index contributed by atoms with van der Waals surface area (Å²) in [6, 6.07) is 8.93. The number of nitrogens with zero attached hydrogens (tertiary/aromatic N) is 2. The Morgan fingerprint density at radius 1 is 1.32 bits per heavy atom. The van der Waals surface area contributed by atoms with Crippen LogP contribution in [-0.2, 0) is 13.2 Å². The Kier molecular flexibility index (Phi) is 6.80. The minimum absolute atomic E-state index is 0.200. The van der Waals surface area contributed by atoms with Crippen molar-refractivity contribution in [2.24, 2.45) is 0 Å². The van der Waals surface area contributed by atoms with Gasteiger partial charge < -0.3 is 14.5 Å². The Bertz CT molecular complexity index is 928. The van der Waals surface area contributed by atoms with E-state index in [9.17, 15) is 4.79 Å². The number of aryl methyl sites for hydroxylation is 3. The number of rotatable bonds is 8. The molecule has 0 radical (unpaired) electrons. The average Bonchev–Trinajstić information content (AvgIpc) is 3.25. The minimum Gasteiger partial charge on any atom is -0.484 e. The first kappa shape index (κ1) is 20.5. The average molecular weight is 467 g/mol. The molecule has 0 bridgehead atoms. The second-order valence-corrected chi connectivity index (χ2v) is 7.64. The second-order valence-electron chi connectivity index (χ2n) is 6.38. The third-order valence-corrected chi connectivity index (χ3v) is 5.22. The molecule has 0 fully saturated rings. The van der Waals surface area contributed by atoms with E-state index >= 15 is 0 Å². The Morgan fingerprint density at radius 2 is 2.14 bits per heavy atom. The number of carbonyl (C=O) groups excluding carboxylic acids is 1. The van der Waals surface area contributed by atoms with Crippen LogP contribution < -0.4 is 10.1 Å². The predicted molar refractivity (Wildman–Crippen MR) is 111 cm³/mol. The highest BCUT2D eigenvalue weighted by Gasteiger charge is 2.12. The van der Waals surface area contributed by atoms with Crippen molar-refractivity contribution in [1.29, 1.82) is 0 Å². The summed E-state index contributed by atoms with van der Waals surface area (Å²) in [4.78, 5) is 12.2. The summed E-state index contributed by atoms with van der Waals surface area (Å²) in [5.41, 5.74) is 1.89. The van der Waals surface area contributed by atoms with E-state index in [-0.39, 0.29) is 18.3 Å². The lowest BCUT2D eigenvalue weighted by Crippen LogP contribution is -2.24. The Hall–Kier alpha value is -2.25. The van der Waals surface area contributed by atoms with Gasteiger partial charge in [-0.05, 0) is 60.0 Å². The van der Waals surface area contributed by atoms with Gasteiger partial charge in [-0.1, -0.05) is 23.7 Å². The third kappa shape index (κ3) is 5.17. The number of hydrogen-bond donors (Lipinski definition) is 1. The fourth-order valence-corrected chi connectivity index (χ4v) is 3.25. The van der Waals surface area contributed by atoms with Crippen LogP contribution in [0.3, 0.4) is 0 Å². The number of hydrogen-bond acceptors (Lipinski definition) is 4. The summed E-state index contributed by atoms with van der Waals surface area (Å²) in [5.74, 6) is 1.18. The molecule has 2 aromatic heterocycles. The van der Waals surface area contributed by atoms with E-state index in [0.29, 0.717) is 23.1 Å². The molecule has 0 saturated carbocycles. The quantitative estimate of drug-likeness (QED) is 0.479. The predicted octanol–water partition coefficient (Wildman–Crippen LogP) is 4.91. The molecule has 0 saturated heterocycles. The van der Waals surface area contributed by atoms with E-state index < -0.39 is 0 Å². The van der Waals surface area contributed by atoms with Gasteiger partial charge >= 0.3 is 0 Å². The maximum atomic E-state index is 12.2. The molecule has 8 heteroatoms. The highest BCUT2D eigenvalue weighted by molar-refractivity contribution is 9.10. The SMILES string of the molecule is Cc1cccc(Cl)c1OCc1ccc(C(=O)NCCCn2cc(Br)c(C)n2)o1. The van der Waals surface area contributed by atoms with Gasteiger partial charge in [0.25, 0.3) is 5.91 Å². The molecule has 0 aliphatic heterocycles. The van der Waals surface area contributed by atoms with Gasteiger partial charge in [-0.2, -0.15) is 5.10 Å². The monoisotopic (exact) mass is 465 g/mol. The molecule has 6 nitrogen and oxygen atoms in total. The molecule has 0 spiro atoms. The summed E-state index contributed by atoms with van der Waals surface area (Å²) >= 11 is 9.58. The lowest BCUT2D eigenvalue weighted by atomic mass is 10.2. The lowest BCUT2D eigenvalue weighted by Gasteiger charge is -2.09. The number of aromatic nitrogens is 2. The molecular formula is C20H21BrClN3O3. The molecule has 1 N–H and O–H groups in total. The first-order chi connectivity index (χ1) is 13.4. The van der Waals surface area contributed by atoms with Gasteiger partial charge in [-0.15, -0.1) is 0 Å². The van der Waals surface area contributed by atoms with Crippen molar-refractivity contribution < 1.29 is 13.9 Å². The number of furan rings is 1. The van der Waals surface area contributed by atoms with Crippen LogP contribution in [0.15, 0.2) is 45.4 Å². The highest BCUT2D eigenvalue weighted by Crippen LogP contribution is 2.28. The molecule has 1 aromatic carbocycles. The summed E-state index contributed by atoms with van der Waals surface area (Å²) in [7, 11) is 0. The number of carbonyl (C=O) groups is 1. The highest BCUT2D eigenvalue weighted by atomic mass is 79.9. The molecule has 28 heavy (non-hydrogen) atoms. The van der Waals surface area contributed by atoms with Crippen molar-refractivity contribution in [1.82, 2.24) is 15.1 Å². The van der Waals surface area contributed by atoms with Crippen molar-refractivity contribution in [3.05, 3.63) is 68.8 Å². The Morgan fingerprint density at radius 3 is 2.86 bits per heavy atom. The van der Waals surface area contributed by atoms with Crippen LogP contribution in [-0.4, -0.2) is 22.2 Å². The van der Waals surface area contributed by atoms with Crippen LogP contribution in [0.5, 0.6) is 5.75 Å². The topological polar surface area (TPSA) is 69.3 Å². The van der Waals surface area contributed by atoms with E-state index in [0.717, 1.165) is 28.7 Å². The summed E-state index contributed by atoms with van der Waals surface area (Å²) in [6.07, 6.45) is 2.69. The fraction of sp³-hybridized carbons (Fsp3) is 0.300. The van der Waals surface area contributed by atoms with E-state index in [1.165, 1.54) is 0 Å². The number of amides is 1. The largest absolute Gasteiger partial charge is 0.484 e. The number of ether oxygens (including phenoxy) is 1. The van der Waals surface area contributed by atoms with E-state index in [4.69, 9.17) is 20.8 Å². The van der Waals surface area contributed by atoms with Crippen LogP contribution in [0.1, 0.15) is 34.0 Å². The van der Waals surface area contributed by atoms with Gasteiger partial charge in [0.1, 0.15) is 18.1 Å². The van der Waals surface area contributed by atoms with E-state index in [1.54, 1.807) is 18.2 Å². The first-order valence-electron chi connectivity index (χ1n) is 8.88. The fourth-order valence-electron chi connectivity index (χ4n) is 2.66. The van der Waals surface area contributed by atoms with Gasteiger partial charge in [0.15, 0.2) is 5.76 Å². The van der Waals surface area contributed by atoms with Crippen molar-refractivity contribution in [2.75, 3.05) is 6.54 Å². The van der Waals surface area contributed by atoms with Crippen LogP contribution in [0.4, 0.5) is 0 Å². The maximum Gasteiger partial charge on any atom is 0.286 e. The molecule has 0 unspecified atom stereocenters. The van der Waals surface area contributed by atoms with Crippen molar-refractivity contribution in [3.63, 3.8) is 0 Å². The smallest absolute Gasteiger partial charge is 0.286 e. The molecule has 148 valence electrons. The molecule has 3 rings (SSSR count). The molecule has 2 heterocycles. The minimum atomic E-state index is -0.252. The summed E-state index contributed by atoms with van der Waals surface area (Å²) in [6.45, 7) is 5.31. The van der Waals surface area contributed by atoms with Crippen LogP contribution in [0, 0.1) is 13.8 Å². The summed E-state index contributed by atoms with van der Waals surface area (Å²) in [5, 5.41) is 7.76. The molecule has 1 amide bonds. The van der Waals surface area contributed by atoms with Crippen LogP contribution in [0.2, 0.25) is 5.02 Å². The number of benzene rings is 1. The van der Waals surface area contributed by atoms with E-state index in [1.807, 2.05) is 36.9 Å². The molecule has 0 aliphatic carbocycles. The van der Waals surface area contributed by atoms with Crippen molar-refractivity contribution in [3.8, 4) is 5.75 Å². The zero-order valence-electron chi connectivity index (χ0n) is 15.7. The standard InChI is InChI=1S/C20H21BrClN3O3/c1-13-5-3-6-17(22)19(13)27-12-15-7-8-18(28-15)20(26)23-9-4-10-25-11-16(21)14(2)24-25/h3,5-8,11H,4,9-10,12H2,1-2H3,(H,23,26). The molecule has 0 atom stereocenters. The van der Waals surface area contributed by atoms with Gasteiger partial charge in [-0.25, -0.2) is 0 Å². The number of halogens is 2. The first-order valence-corrected chi connectivity index (χ1v) is 10.1. The Labute approximate surface area is 176 Å². The normalized spacial score (nSPS) is 10.9. The molecule has 3 aromatic rings. The van der Waals surface area contributed by atoms with E-state index in [2.05, 4.69) is 26.3 Å². The van der Waals surface area contributed by atoms with Crippen molar-refractivity contribution >= 4 is 33.4 Å². The summed E-state index contributed by atoms with van der Waals surface area (Å²) < 4.78 is 14.1. The number of nitrogens with one attached hydrogen (secondary N) is 1. The zero-order valence-corrected chi connectivity index (χ0v) is 18.0. The second kappa shape index (κ2) is 9.30. The molecule has 0 aliphatic rings. The zero-order chi connectivity index (χ0) is 20.1. The van der Waals surface area contributed by atoms with Crippen molar-refractivity contribution in [2.45, 2.75) is 33.4 Å². The maximum absolute atomic E-state index is 12.2. The Balaban J connectivity index is 1.46. The van der Waals surface area contributed by atoms with Crippen LogP contribution >= 0.6 is 27.5 Å². The lowest BCUT2D eigenvalue weighted by molar-refractivity contribution is 0.0920. The van der Waals surface area contributed by atoms with Gasteiger partial charge in [-0.3, -0.25) is 9.48 Å². The van der Waals surface area contributed by atoms with Gasteiger partial charge in [0, 0.05) is 19.3 Å². The van der Waals surface area contributed by atoms with Gasteiger partial charge in [0.2, 0.25) is 0 Å². The van der Waals surface area contributed by atoms with Gasteiger partial charge in [0.05, 0.1) is 15.2 Å².